The van der Waals surface area contributed by atoms with E-state index in [1.807, 2.05) is 24.3 Å². The van der Waals surface area contributed by atoms with Crippen LogP contribution in [-0.4, -0.2) is 77.8 Å². The third-order valence-corrected chi connectivity index (χ3v) is 6.73. The number of aromatic nitrogens is 5. The van der Waals surface area contributed by atoms with Gasteiger partial charge in [0.15, 0.2) is 5.65 Å². The Bertz CT molecular complexity index is 1350. The lowest BCUT2D eigenvalue weighted by molar-refractivity contribution is 0.0904. The van der Waals surface area contributed by atoms with Crippen molar-refractivity contribution in [2.45, 2.75) is 18.9 Å². The molecule has 11 heteroatoms. The van der Waals surface area contributed by atoms with Gasteiger partial charge in [-0.05, 0) is 37.1 Å². The number of anilines is 4. The number of ether oxygens (including phenoxy) is 3. The van der Waals surface area contributed by atoms with Crippen LogP contribution in [0.15, 0.2) is 42.7 Å². The number of nitrogens with zero attached hydrogens (tertiary/aromatic N) is 5. The van der Waals surface area contributed by atoms with E-state index in [0.29, 0.717) is 17.3 Å². The van der Waals surface area contributed by atoms with Gasteiger partial charge in [0.05, 0.1) is 37.1 Å². The number of hydrogen-bond donors (Lipinski definition) is 3. The van der Waals surface area contributed by atoms with E-state index < -0.39 is 0 Å². The first-order chi connectivity index (χ1) is 18.3. The van der Waals surface area contributed by atoms with Crippen LogP contribution in [0.2, 0.25) is 0 Å². The molecule has 1 aromatic carbocycles. The second-order valence-corrected chi connectivity index (χ2v) is 9.07. The maximum Gasteiger partial charge on any atom is 0.231 e. The van der Waals surface area contributed by atoms with Gasteiger partial charge in [0, 0.05) is 62.1 Å². The van der Waals surface area contributed by atoms with E-state index in [9.17, 15) is 0 Å². The summed E-state index contributed by atoms with van der Waals surface area (Å²) in [6.07, 6.45) is 5.37. The Kier molecular flexibility index (Phi) is 6.70. The van der Waals surface area contributed by atoms with E-state index in [1.165, 1.54) is 0 Å². The molecule has 5 heterocycles. The molecule has 2 aliphatic heterocycles. The van der Waals surface area contributed by atoms with Gasteiger partial charge in [-0.1, -0.05) is 0 Å². The summed E-state index contributed by atoms with van der Waals surface area (Å²) in [5.74, 6) is 1.87. The van der Waals surface area contributed by atoms with Gasteiger partial charge >= 0.3 is 0 Å². The highest BCUT2D eigenvalue weighted by Gasteiger charge is 2.22. The molecule has 37 heavy (non-hydrogen) atoms. The molecule has 0 bridgehead atoms. The third kappa shape index (κ3) is 5.00. The van der Waals surface area contributed by atoms with Crippen LogP contribution in [0.3, 0.4) is 0 Å². The summed E-state index contributed by atoms with van der Waals surface area (Å²) in [6, 6.07) is 10.2. The maximum absolute atomic E-state index is 5.72. The Morgan fingerprint density at radius 2 is 1.89 bits per heavy atom. The average molecular weight is 503 g/mol. The molecular formula is C26H30N8O3. The van der Waals surface area contributed by atoms with Crippen LogP contribution in [-0.2, 0) is 9.47 Å². The number of methoxy groups -OCH3 is 1. The van der Waals surface area contributed by atoms with Crippen molar-refractivity contribution in [1.82, 2.24) is 25.1 Å². The van der Waals surface area contributed by atoms with Crippen LogP contribution >= 0.6 is 0 Å². The molecule has 0 aliphatic carbocycles. The smallest absolute Gasteiger partial charge is 0.231 e. The summed E-state index contributed by atoms with van der Waals surface area (Å²) in [5, 5.41) is 15.5. The van der Waals surface area contributed by atoms with Crippen molar-refractivity contribution in [3.05, 3.63) is 42.7 Å². The molecule has 4 aromatic rings. The standard InChI is InChI=1S/C26H30N8O3/c1-35-21-15-19(34-9-13-37-14-10-34)4-5-20(21)29-26-30-24(28-18-6-11-36-12-7-18)22-23(32-33-25(22)31-26)17-3-2-8-27-16-17/h2-5,8,15-16,18H,6-7,9-14H2,1H3,(H3,28,29,30,31,32,33). The normalized spacial score (nSPS) is 16.6. The van der Waals surface area contributed by atoms with Crippen molar-refractivity contribution in [2.24, 2.45) is 0 Å². The Hall–Kier alpha value is -3.96. The largest absolute Gasteiger partial charge is 0.494 e. The Morgan fingerprint density at radius 3 is 2.68 bits per heavy atom. The van der Waals surface area contributed by atoms with Gasteiger partial charge in [-0.15, -0.1) is 0 Å². The number of morpholine rings is 1. The van der Waals surface area contributed by atoms with Gasteiger partial charge in [0.2, 0.25) is 5.95 Å². The lowest BCUT2D eigenvalue weighted by Crippen LogP contribution is -2.36. The highest BCUT2D eigenvalue weighted by molar-refractivity contribution is 5.99. The molecule has 3 N–H and O–H groups in total. The number of H-pyrrole nitrogens is 1. The van der Waals surface area contributed by atoms with Gasteiger partial charge in [-0.2, -0.15) is 15.1 Å². The van der Waals surface area contributed by atoms with Crippen LogP contribution < -0.4 is 20.3 Å². The predicted octanol–water partition coefficient (Wildman–Crippen LogP) is 3.59. The lowest BCUT2D eigenvalue weighted by Gasteiger charge is -2.29. The van der Waals surface area contributed by atoms with Gasteiger partial charge in [0.1, 0.15) is 11.6 Å². The number of fused-ring (bicyclic) bond motifs is 1. The topological polar surface area (TPSA) is 122 Å². The summed E-state index contributed by atoms with van der Waals surface area (Å²) < 4.78 is 16.7. The molecule has 0 unspecified atom stereocenters. The molecule has 11 nitrogen and oxygen atoms in total. The second-order valence-electron chi connectivity index (χ2n) is 9.07. The molecule has 2 aliphatic rings. The lowest BCUT2D eigenvalue weighted by atomic mass is 10.1. The zero-order chi connectivity index (χ0) is 25.0. The predicted molar refractivity (Wildman–Crippen MR) is 142 cm³/mol. The average Bonchev–Trinajstić information content (AvgIpc) is 3.39. The van der Waals surface area contributed by atoms with Crippen molar-refractivity contribution >= 4 is 34.2 Å². The quantitative estimate of drug-likeness (QED) is 0.345. The van der Waals surface area contributed by atoms with Gasteiger partial charge in [-0.3, -0.25) is 10.1 Å². The Balaban J connectivity index is 1.35. The highest BCUT2D eigenvalue weighted by atomic mass is 16.5. The Labute approximate surface area is 214 Å². The number of aromatic amines is 1. The monoisotopic (exact) mass is 502 g/mol. The number of rotatable bonds is 7. The van der Waals surface area contributed by atoms with Gasteiger partial charge in [-0.25, -0.2) is 0 Å². The molecule has 0 radical (unpaired) electrons. The summed E-state index contributed by atoms with van der Waals surface area (Å²) in [6.45, 7) is 4.62. The zero-order valence-corrected chi connectivity index (χ0v) is 20.7. The van der Waals surface area contributed by atoms with Crippen LogP contribution in [0.5, 0.6) is 5.75 Å². The van der Waals surface area contributed by atoms with Crippen LogP contribution in [0, 0.1) is 0 Å². The summed E-state index contributed by atoms with van der Waals surface area (Å²) >= 11 is 0. The maximum atomic E-state index is 5.72. The second kappa shape index (κ2) is 10.6. The summed E-state index contributed by atoms with van der Waals surface area (Å²) in [5.41, 5.74) is 4.19. The number of benzene rings is 1. The SMILES string of the molecule is COc1cc(N2CCOCC2)ccc1Nc1nc(NC2CCOCC2)c2c(-c3cccnc3)[nH]nc2n1. The van der Waals surface area contributed by atoms with Crippen molar-refractivity contribution in [2.75, 3.05) is 62.2 Å². The van der Waals surface area contributed by atoms with E-state index in [0.717, 1.165) is 86.2 Å². The van der Waals surface area contributed by atoms with E-state index in [2.05, 4.69) is 36.8 Å². The number of pyridine rings is 1. The molecule has 2 fully saturated rings. The first kappa shape index (κ1) is 23.4. The summed E-state index contributed by atoms with van der Waals surface area (Å²) in [4.78, 5) is 16.2. The van der Waals surface area contributed by atoms with E-state index in [1.54, 1.807) is 19.5 Å². The van der Waals surface area contributed by atoms with Crippen LogP contribution in [0.1, 0.15) is 12.8 Å². The summed E-state index contributed by atoms with van der Waals surface area (Å²) in [7, 11) is 1.67. The molecule has 0 atom stereocenters. The minimum Gasteiger partial charge on any atom is -0.494 e. The Morgan fingerprint density at radius 1 is 1.05 bits per heavy atom. The van der Waals surface area contributed by atoms with Crippen molar-refractivity contribution in [3.8, 4) is 17.0 Å². The minimum absolute atomic E-state index is 0.249. The minimum atomic E-state index is 0.249. The first-order valence-electron chi connectivity index (χ1n) is 12.6. The molecule has 0 amide bonds. The highest BCUT2D eigenvalue weighted by Crippen LogP contribution is 2.35. The van der Waals surface area contributed by atoms with E-state index in [-0.39, 0.29) is 6.04 Å². The molecular weight excluding hydrogens is 472 g/mol. The zero-order valence-electron chi connectivity index (χ0n) is 20.7. The molecule has 6 rings (SSSR count). The number of hydrogen-bond acceptors (Lipinski definition) is 10. The third-order valence-electron chi connectivity index (χ3n) is 6.73. The van der Waals surface area contributed by atoms with Crippen LogP contribution in [0.25, 0.3) is 22.3 Å². The first-order valence-corrected chi connectivity index (χ1v) is 12.6. The fourth-order valence-electron chi connectivity index (χ4n) is 4.76. The van der Waals surface area contributed by atoms with Gasteiger partial charge < -0.3 is 29.7 Å². The molecule has 3 aromatic heterocycles. The fourth-order valence-corrected chi connectivity index (χ4v) is 4.76. The van der Waals surface area contributed by atoms with Crippen molar-refractivity contribution in [1.29, 1.82) is 0 Å². The number of nitrogens with one attached hydrogen (secondary N) is 3. The van der Waals surface area contributed by atoms with Gasteiger partial charge in [0.25, 0.3) is 0 Å². The molecule has 0 saturated carbocycles. The van der Waals surface area contributed by atoms with Crippen molar-refractivity contribution < 1.29 is 14.2 Å². The fraction of sp³-hybridized carbons (Fsp3) is 0.385. The van der Waals surface area contributed by atoms with Crippen LogP contribution in [0.4, 0.5) is 23.1 Å². The van der Waals surface area contributed by atoms with E-state index in [4.69, 9.17) is 24.2 Å². The molecule has 2 saturated heterocycles. The van der Waals surface area contributed by atoms with E-state index >= 15 is 0 Å². The molecule has 192 valence electrons. The van der Waals surface area contributed by atoms with Crippen molar-refractivity contribution in [3.63, 3.8) is 0 Å². The molecule has 0 spiro atoms.